The molecule has 10 heteroatoms. The maximum Gasteiger partial charge on any atom is 0.255 e. The van der Waals surface area contributed by atoms with Gasteiger partial charge in [-0.1, -0.05) is 23.7 Å². The second-order valence-electron chi connectivity index (χ2n) is 10.5. The molecule has 2 aliphatic heterocycles. The van der Waals surface area contributed by atoms with E-state index in [1.807, 2.05) is 30.5 Å². The summed E-state index contributed by atoms with van der Waals surface area (Å²) in [7, 11) is 3.47. The molecule has 2 aliphatic rings. The van der Waals surface area contributed by atoms with Crippen LogP contribution < -0.4 is 15.5 Å². The fourth-order valence-corrected chi connectivity index (χ4v) is 5.72. The number of piperidine rings is 1. The first-order valence-electron chi connectivity index (χ1n) is 13.0. The third-order valence-corrected chi connectivity index (χ3v) is 7.98. The zero-order chi connectivity index (χ0) is 26.3. The normalized spacial score (nSPS) is 16.8. The summed E-state index contributed by atoms with van der Waals surface area (Å²) in [6.45, 7) is 4.40. The molecule has 1 amide bonds. The lowest BCUT2D eigenvalue weighted by atomic mass is 9.78. The van der Waals surface area contributed by atoms with Gasteiger partial charge < -0.3 is 20.4 Å². The predicted octanol–water partition coefficient (Wildman–Crippen LogP) is 4.47. The van der Waals surface area contributed by atoms with E-state index in [4.69, 9.17) is 16.7 Å². The van der Waals surface area contributed by atoms with Crippen molar-refractivity contribution in [2.24, 2.45) is 5.41 Å². The Hall–Kier alpha value is -3.69. The molecule has 1 spiro atoms. The molecular formula is C28H31ClN8O. The molecule has 5 heterocycles. The van der Waals surface area contributed by atoms with Crippen LogP contribution in [0.2, 0.25) is 5.02 Å². The third kappa shape index (κ3) is 4.68. The van der Waals surface area contributed by atoms with Crippen LogP contribution in [-0.2, 0) is 0 Å². The van der Waals surface area contributed by atoms with Gasteiger partial charge in [0.2, 0.25) is 5.95 Å². The van der Waals surface area contributed by atoms with Crippen LogP contribution in [0.5, 0.6) is 0 Å². The summed E-state index contributed by atoms with van der Waals surface area (Å²) in [6, 6.07) is 13.3. The molecule has 0 saturated carbocycles. The summed E-state index contributed by atoms with van der Waals surface area (Å²) in [5.74, 6) is 0.941. The van der Waals surface area contributed by atoms with Crippen LogP contribution in [0.3, 0.4) is 0 Å². The van der Waals surface area contributed by atoms with Crippen LogP contribution in [0.25, 0.3) is 16.8 Å². The van der Waals surface area contributed by atoms with Crippen LogP contribution in [0, 0.1) is 5.41 Å². The molecule has 0 unspecified atom stereocenters. The quantitative estimate of drug-likeness (QED) is 0.393. The van der Waals surface area contributed by atoms with Crippen molar-refractivity contribution in [3.63, 3.8) is 0 Å². The highest BCUT2D eigenvalue weighted by Gasteiger charge is 2.38. The van der Waals surface area contributed by atoms with Crippen LogP contribution in [0.15, 0.2) is 54.9 Å². The molecule has 0 atom stereocenters. The standard InChI is InChI=1S/C28H31ClN8O/c1-35(2)26(38)23-15-22-17-32-27(34-37(22)25(23)19-3-5-20(29)6-4-19)33-24-8-7-21(16-31-24)36-14-11-28(18-36)9-12-30-13-10-28/h3-8,15-17,30H,9-14,18H2,1-2H3,(H,31,33,34). The number of aromatic nitrogens is 4. The summed E-state index contributed by atoms with van der Waals surface area (Å²) in [6.07, 6.45) is 7.36. The molecule has 0 radical (unpaired) electrons. The smallest absolute Gasteiger partial charge is 0.255 e. The topological polar surface area (TPSA) is 90.7 Å². The molecule has 2 N–H and O–H groups in total. The number of pyridine rings is 1. The van der Waals surface area contributed by atoms with Gasteiger partial charge in [-0.2, -0.15) is 0 Å². The van der Waals surface area contributed by atoms with Crippen LogP contribution in [0.1, 0.15) is 29.6 Å². The number of rotatable bonds is 5. The maximum atomic E-state index is 13.0. The number of carbonyl (C=O) groups is 1. The number of carbonyl (C=O) groups excluding carboxylic acids is 1. The van der Waals surface area contributed by atoms with Crippen molar-refractivity contribution in [3.05, 3.63) is 65.4 Å². The van der Waals surface area contributed by atoms with Crippen molar-refractivity contribution in [2.75, 3.05) is 50.5 Å². The van der Waals surface area contributed by atoms with Gasteiger partial charge in [-0.15, -0.1) is 5.10 Å². The first-order valence-corrected chi connectivity index (χ1v) is 13.3. The van der Waals surface area contributed by atoms with Crippen LogP contribution in [0.4, 0.5) is 17.5 Å². The lowest BCUT2D eigenvalue weighted by Gasteiger charge is -2.34. The summed E-state index contributed by atoms with van der Waals surface area (Å²) < 4.78 is 1.74. The second kappa shape index (κ2) is 9.89. The fourth-order valence-electron chi connectivity index (χ4n) is 5.60. The maximum absolute atomic E-state index is 13.0. The van der Waals surface area contributed by atoms with Crippen LogP contribution >= 0.6 is 11.6 Å². The molecular weight excluding hydrogens is 500 g/mol. The van der Waals surface area contributed by atoms with Crippen molar-refractivity contribution in [3.8, 4) is 11.3 Å². The van der Waals surface area contributed by atoms with E-state index in [9.17, 15) is 4.79 Å². The predicted molar refractivity (Wildman–Crippen MR) is 150 cm³/mol. The Kier molecular flexibility index (Phi) is 6.41. The first-order chi connectivity index (χ1) is 18.4. The molecule has 2 saturated heterocycles. The van der Waals surface area contributed by atoms with Crippen molar-refractivity contribution in [1.29, 1.82) is 0 Å². The molecule has 38 heavy (non-hydrogen) atoms. The highest BCUT2D eigenvalue weighted by Crippen LogP contribution is 2.40. The molecule has 196 valence electrons. The first kappa shape index (κ1) is 24.6. The van der Waals surface area contributed by atoms with Crippen molar-refractivity contribution >= 4 is 40.5 Å². The van der Waals surface area contributed by atoms with Gasteiger partial charge in [0, 0.05) is 37.8 Å². The molecule has 6 rings (SSSR count). The molecule has 1 aromatic carbocycles. The van der Waals surface area contributed by atoms with E-state index in [0.29, 0.717) is 33.5 Å². The minimum Gasteiger partial charge on any atom is -0.370 e. The van der Waals surface area contributed by atoms with Gasteiger partial charge in [-0.3, -0.25) is 4.79 Å². The van der Waals surface area contributed by atoms with E-state index in [2.05, 4.69) is 31.6 Å². The van der Waals surface area contributed by atoms with Gasteiger partial charge in [0.15, 0.2) is 0 Å². The Morgan fingerprint density at radius 3 is 2.55 bits per heavy atom. The fraction of sp³-hybridized carbons (Fsp3) is 0.357. The van der Waals surface area contributed by atoms with Crippen molar-refractivity contribution in [1.82, 2.24) is 29.8 Å². The Morgan fingerprint density at radius 2 is 1.84 bits per heavy atom. The Balaban J connectivity index is 1.26. The number of anilines is 3. The van der Waals surface area contributed by atoms with Crippen LogP contribution in [-0.4, -0.2) is 70.7 Å². The lowest BCUT2D eigenvalue weighted by Crippen LogP contribution is -2.38. The summed E-state index contributed by atoms with van der Waals surface area (Å²) >= 11 is 6.12. The van der Waals surface area contributed by atoms with E-state index in [1.165, 1.54) is 19.3 Å². The average molecular weight is 531 g/mol. The molecule has 0 bridgehead atoms. The van der Waals surface area contributed by atoms with E-state index in [-0.39, 0.29) is 5.91 Å². The van der Waals surface area contributed by atoms with Gasteiger partial charge in [-0.25, -0.2) is 14.5 Å². The van der Waals surface area contributed by atoms with Gasteiger partial charge in [-0.05, 0) is 68.1 Å². The van der Waals surface area contributed by atoms with E-state index < -0.39 is 0 Å². The molecule has 4 aromatic rings. The highest BCUT2D eigenvalue weighted by molar-refractivity contribution is 6.30. The number of amides is 1. The molecule has 2 fully saturated rings. The van der Waals surface area contributed by atoms with Gasteiger partial charge in [0.1, 0.15) is 5.82 Å². The van der Waals surface area contributed by atoms with Gasteiger partial charge in [0.05, 0.1) is 34.9 Å². The molecule has 9 nitrogen and oxygen atoms in total. The summed E-state index contributed by atoms with van der Waals surface area (Å²) in [4.78, 5) is 26.1. The minimum atomic E-state index is -0.111. The Labute approximate surface area is 226 Å². The summed E-state index contributed by atoms with van der Waals surface area (Å²) in [5.41, 5.74) is 4.37. The Bertz CT molecular complexity index is 1460. The van der Waals surface area contributed by atoms with Gasteiger partial charge in [0.25, 0.3) is 5.91 Å². The molecule has 3 aromatic heterocycles. The largest absolute Gasteiger partial charge is 0.370 e. The summed E-state index contributed by atoms with van der Waals surface area (Å²) in [5, 5.41) is 12.1. The van der Waals surface area contributed by atoms with E-state index >= 15 is 0 Å². The van der Waals surface area contributed by atoms with Gasteiger partial charge >= 0.3 is 0 Å². The number of hydrogen-bond acceptors (Lipinski definition) is 7. The molecule has 0 aliphatic carbocycles. The number of hydrogen-bond donors (Lipinski definition) is 2. The van der Waals surface area contributed by atoms with Crippen molar-refractivity contribution in [2.45, 2.75) is 19.3 Å². The third-order valence-electron chi connectivity index (χ3n) is 7.73. The van der Waals surface area contributed by atoms with E-state index in [1.54, 1.807) is 41.8 Å². The number of nitrogens with one attached hydrogen (secondary N) is 2. The number of nitrogens with zero attached hydrogens (tertiary/aromatic N) is 6. The van der Waals surface area contributed by atoms with Crippen molar-refractivity contribution < 1.29 is 4.79 Å². The minimum absolute atomic E-state index is 0.111. The zero-order valence-electron chi connectivity index (χ0n) is 21.6. The number of fused-ring (bicyclic) bond motifs is 1. The lowest BCUT2D eigenvalue weighted by molar-refractivity contribution is 0.0828. The average Bonchev–Trinajstić information content (AvgIpc) is 3.51. The monoisotopic (exact) mass is 530 g/mol. The highest BCUT2D eigenvalue weighted by atomic mass is 35.5. The number of benzene rings is 1. The van der Waals surface area contributed by atoms with E-state index in [0.717, 1.165) is 42.9 Å². The second-order valence-corrected chi connectivity index (χ2v) is 10.9. The SMILES string of the molecule is CN(C)C(=O)c1cc2cnc(Nc3ccc(N4CCC5(CCNCC5)C4)cn3)nn2c1-c1ccc(Cl)cc1. The Morgan fingerprint density at radius 1 is 1.05 bits per heavy atom. The number of halogens is 1. The zero-order valence-corrected chi connectivity index (χ0v) is 22.4.